The van der Waals surface area contributed by atoms with Crippen LogP contribution in [0.15, 0.2) is 42.5 Å². The minimum Gasteiger partial charge on any atom is -0.458 e. The lowest BCUT2D eigenvalue weighted by Gasteiger charge is -2.40. The number of piperazine rings is 1. The molecular formula is C31H42N4O7. The highest BCUT2D eigenvalue weighted by atomic mass is 16.6. The predicted molar refractivity (Wildman–Crippen MR) is 156 cm³/mol. The zero-order valence-electron chi connectivity index (χ0n) is 25.5. The van der Waals surface area contributed by atoms with E-state index in [1.165, 1.54) is 15.9 Å². The molecule has 1 aromatic heterocycles. The quantitative estimate of drug-likeness (QED) is 0.356. The Balaban J connectivity index is 2.01. The van der Waals surface area contributed by atoms with Crippen molar-refractivity contribution in [3.05, 3.63) is 53.7 Å². The summed E-state index contributed by atoms with van der Waals surface area (Å²) in [4.78, 5) is 61.3. The first-order valence-corrected chi connectivity index (χ1v) is 14.2. The van der Waals surface area contributed by atoms with Crippen LogP contribution in [0.2, 0.25) is 0 Å². The van der Waals surface area contributed by atoms with Crippen molar-refractivity contribution >= 4 is 23.9 Å². The summed E-state index contributed by atoms with van der Waals surface area (Å²) in [6.45, 7) is 12.5. The van der Waals surface area contributed by atoms with Gasteiger partial charge >= 0.3 is 12.1 Å². The van der Waals surface area contributed by atoms with Crippen LogP contribution in [-0.4, -0.2) is 87.7 Å². The first-order chi connectivity index (χ1) is 19.6. The van der Waals surface area contributed by atoms with Crippen molar-refractivity contribution in [2.75, 3.05) is 32.8 Å². The topological polar surface area (TPSA) is 138 Å². The molecule has 1 atom stereocenters. The van der Waals surface area contributed by atoms with Crippen molar-refractivity contribution in [3.8, 4) is 11.3 Å². The van der Waals surface area contributed by atoms with Crippen LogP contribution in [0, 0.1) is 0 Å². The van der Waals surface area contributed by atoms with Gasteiger partial charge in [-0.3, -0.25) is 9.59 Å². The molecule has 0 saturated carbocycles. The highest BCUT2D eigenvalue weighted by Crippen LogP contribution is 2.27. The van der Waals surface area contributed by atoms with Crippen LogP contribution in [0.25, 0.3) is 11.3 Å². The zero-order valence-corrected chi connectivity index (χ0v) is 25.5. The second-order valence-corrected chi connectivity index (χ2v) is 11.7. The van der Waals surface area contributed by atoms with Gasteiger partial charge in [0.1, 0.15) is 11.3 Å². The van der Waals surface area contributed by atoms with E-state index in [0.717, 1.165) is 5.56 Å². The third-order valence-corrected chi connectivity index (χ3v) is 6.90. The van der Waals surface area contributed by atoms with Crippen molar-refractivity contribution < 1.29 is 33.8 Å². The monoisotopic (exact) mass is 582 g/mol. The molecule has 1 fully saturated rings. The molecule has 1 aromatic carbocycles. The van der Waals surface area contributed by atoms with Gasteiger partial charge in [0.05, 0.1) is 17.9 Å². The van der Waals surface area contributed by atoms with Crippen LogP contribution < -0.4 is 5.32 Å². The lowest BCUT2D eigenvalue weighted by Crippen LogP contribution is -2.67. The van der Waals surface area contributed by atoms with Crippen LogP contribution in [0.4, 0.5) is 4.79 Å². The van der Waals surface area contributed by atoms with E-state index in [0.29, 0.717) is 11.3 Å². The summed E-state index contributed by atoms with van der Waals surface area (Å²) in [7, 11) is 0. The average Bonchev–Trinajstić information content (AvgIpc) is 2.94. The minimum absolute atomic E-state index is 0.0743. The number of nitrogens with one attached hydrogen (secondary N) is 1. The highest BCUT2D eigenvalue weighted by Gasteiger charge is 2.51. The number of rotatable bonds is 8. The number of hydrogen-bond donors (Lipinski definition) is 2. The second-order valence-electron chi connectivity index (χ2n) is 11.7. The van der Waals surface area contributed by atoms with Crippen molar-refractivity contribution in [3.63, 3.8) is 0 Å². The minimum atomic E-state index is -2.06. The Labute approximate surface area is 247 Å². The number of carbonyl (C=O) groups excluding carboxylic acids is 4. The maximum Gasteiger partial charge on any atom is 0.409 e. The summed E-state index contributed by atoms with van der Waals surface area (Å²) in [6, 6.07) is 12.3. The van der Waals surface area contributed by atoms with Gasteiger partial charge in [0.2, 0.25) is 5.54 Å². The van der Waals surface area contributed by atoms with Crippen molar-refractivity contribution in [1.82, 2.24) is 20.1 Å². The molecule has 1 aliphatic rings. The molecule has 2 aromatic rings. The Morgan fingerprint density at radius 3 is 2.05 bits per heavy atom. The molecule has 0 aliphatic carbocycles. The van der Waals surface area contributed by atoms with Crippen LogP contribution >= 0.6 is 0 Å². The third kappa shape index (κ3) is 7.64. The molecule has 3 rings (SSSR count). The van der Waals surface area contributed by atoms with Crippen molar-refractivity contribution in [2.45, 2.75) is 71.6 Å². The van der Waals surface area contributed by atoms with E-state index >= 15 is 0 Å². The Morgan fingerprint density at radius 1 is 0.929 bits per heavy atom. The maximum atomic E-state index is 14.1. The number of hydrogen-bond acceptors (Lipinski definition) is 8. The molecule has 0 unspecified atom stereocenters. The van der Waals surface area contributed by atoms with Crippen LogP contribution in [0.3, 0.4) is 0 Å². The van der Waals surface area contributed by atoms with E-state index in [2.05, 4.69) is 10.3 Å². The fraction of sp³-hybridized carbons (Fsp3) is 0.516. The molecule has 0 radical (unpaired) electrons. The van der Waals surface area contributed by atoms with Gasteiger partial charge in [-0.1, -0.05) is 37.3 Å². The van der Waals surface area contributed by atoms with Gasteiger partial charge in [-0.05, 0) is 65.7 Å². The predicted octanol–water partition coefficient (Wildman–Crippen LogP) is 3.50. The molecule has 0 spiro atoms. The Kier molecular flexibility index (Phi) is 9.98. The number of nitrogens with zero attached hydrogens (tertiary/aromatic N) is 3. The van der Waals surface area contributed by atoms with Gasteiger partial charge in [-0.2, -0.15) is 0 Å². The Bertz CT molecular complexity index is 1290. The van der Waals surface area contributed by atoms with Gasteiger partial charge < -0.3 is 29.7 Å². The number of benzene rings is 1. The molecule has 11 heteroatoms. The van der Waals surface area contributed by atoms with Crippen molar-refractivity contribution in [2.24, 2.45) is 0 Å². The molecule has 3 amide bonds. The number of amides is 3. The molecule has 1 saturated heterocycles. The maximum absolute atomic E-state index is 14.1. The SMILES string of the molecule is CCOC(=O)N1CCN(C(=O)[C@](CC)(NC(=O)c2cc(C(C)(C)O)cc(-c3ccccc3)n2)C(=O)OC(C)(C)C)CC1. The number of pyridine rings is 1. The highest BCUT2D eigenvalue weighted by molar-refractivity contribution is 6.12. The number of aromatic nitrogens is 1. The zero-order chi connectivity index (χ0) is 31.3. The first kappa shape index (κ1) is 32.5. The number of aliphatic hydroxyl groups is 1. The standard InChI is InChI=1S/C31H42N4O7/c1-8-31(27(38)42-29(3,4)5,26(37)34-15-17-35(18-16-34)28(39)41-9-2)33-25(36)24-20-22(30(6,7)40)19-23(32-24)21-13-11-10-12-14-21/h10-14,19-20,40H,8-9,15-18H2,1-7H3,(H,33,36)/t31-/m0/s1. The largest absolute Gasteiger partial charge is 0.458 e. The van der Waals surface area contributed by atoms with Gasteiger partial charge in [0, 0.05) is 31.7 Å². The van der Waals surface area contributed by atoms with E-state index in [9.17, 15) is 24.3 Å². The lowest BCUT2D eigenvalue weighted by atomic mass is 9.92. The van der Waals surface area contributed by atoms with Gasteiger partial charge in [-0.25, -0.2) is 14.6 Å². The summed E-state index contributed by atoms with van der Waals surface area (Å²) in [6.07, 6.45) is -0.569. The molecule has 42 heavy (non-hydrogen) atoms. The van der Waals surface area contributed by atoms with Crippen LogP contribution in [0.1, 0.15) is 70.9 Å². The summed E-state index contributed by atoms with van der Waals surface area (Å²) in [5, 5.41) is 13.5. The molecule has 1 aliphatic heterocycles. The first-order valence-electron chi connectivity index (χ1n) is 14.2. The number of carbonyl (C=O) groups is 4. The molecule has 11 nitrogen and oxygen atoms in total. The number of ether oxygens (including phenoxy) is 2. The summed E-state index contributed by atoms with van der Waals surface area (Å²) in [5.74, 6) is -2.31. The summed E-state index contributed by atoms with van der Waals surface area (Å²) < 4.78 is 10.7. The van der Waals surface area contributed by atoms with E-state index in [1.807, 2.05) is 30.3 Å². The van der Waals surface area contributed by atoms with Gasteiger partial charge in [-0.15, -0.1) is 0 Å². The Hall–Kier alpha value is -3.99. The summed E-state index contributed by atoms with van der Waals surface area (Å²) >= 11 is 0. The smallest absolute Gasteiger partial charge is 0.409 e. The fourth-order valence-corrected chi connectivity index (χ4v) is 4.53. The average molecular weight is 583 g/mol. The van der Waals surface area contributed by atoms with Crippen molar-refractivity contribution in [1.29, 1.82) is 0 Å². The lowest BCUT2D eigenvalue weighted by molar-refractivity contribution is -0.169. The summed E-state index contributed by atoms with van der Waals surface area (Å²) in [5.41, 5.74) is -2.77. The fourth-order valence-electron chi connectivity index (χ4n) is 4.53. The van der Waals surface area contributed by atoms with Crippen LogP contribution in [0.5, 0.6) is 0 Å². The van der Waals surface area contributed by atoms with E-state index in [1.54, 1.807) is 54.5 Å². The van der Waals surface area contributed by atoms with Gasteiger partial charge in [0.25, 0.3) is 11.8 Å². The third-order valence-electron chi connectivity index (χ3n) is 6.90. The molecule has 228 valence electrons. The van der Waals surface area contributed by atoms with Crippen LogP contribution in [-0.2, 0) is 24.7 Å². The number of esters is 1. The van der Waals surface area contributed by atoms with Gasteiger partial charge in [0.15, 0.2) is 0 Å². The molecule has 2 N–H and O–H groups in total. The molecule has 2 heterocycles. The molecular weight excluding hydrogens is 540 g/mol. The molecule has 0 bridgehead atoms. The second kappa shape index (κ2) is 12.9. The van der Waals surface area contributed by atoms with E-state index in [4.69, 9.17) is 9.47 Å². The Morgan fingerprint density at radius 2 is 1.52 bits per heavy atom. The van der Waals surface area contributed by atoms with E-state index < -0.39 is 40.6 Å². The normalized spacial score (nSPS) is 15.4. The van der Waals surface area contributed by atoms with E-state index in [-0.39, 0.29) is 44.9 Å².